The van der Waals surface area contributed by atoms with Crippen molar-refractivity contribution in [1.82, 2.24) is 4.90 Å². The van der Waals surface area contributed by atoms with Crippen LogP contribution >= 0.6 is 11.6 Å². The molecule has 1 aromatic carbocycles. The van der Waals surface area contributed by atoms with Crippen LogP contribution in [-0.4, -0.2) is 35.4 Å². The molecule has 0 saturated carbocycles. The number of benzene rings is 1. The third kappa shape index (κ3) is 3.23. The number of hydrogen-bond donors (Lipinski definition) is 0. The molecule has 5 heteroatoms. The van der Waals surface area contributed by atoms with Gasteiger partial charge in [0, 0.05) is 43.1 Å². The van der Waals surface area contributed by atoms with Gasteiger partial charge in [-0.05, 0) is 12.1 Å². The lowest BCUT2D eigenvalue weighted by atomic mass is 10.1. The molecule has 1 aromatic rings. The second-order valence-corrected chi connectivity index (χ2v) is 4.52. The molecule has 1 saturated heterocycles. The summed E-state index contributed by atoms with van der Waals surface area (Å²) < 4.78 is 4.91. The van der Waals surface area contributed by atoms with Crippen molar-refractivity contribution in [2.75, 3.05) is 13.1 Å². The average molecular weight is 268 g/mol. The third-order valence-electron chi connectivity index (χ3n) is 3.01. The van der Waals surface area contributed by atoms with Gasteiger partial charge in [0.05, 0.1) is 0 Å². The van der Waals surface area contributed by atoms with E-state index in [1.807, 2.05) is 18.2 Å². The van der Waals surface area contributed by atoms with Crippen LogP contribution in [0.5, 0.6) is 0 Å². The highest BCUT2D eigenvalue weighted by atomic mass is 35.5. The fraction of sp³-hybridized carbons (Fsp3) is 0.385. The van der Waals surface area contributed by atoms with Crippen LogP contribution < -0.4 is 0 Å². The van der Waals surface area contributed by atoms with Crippen LogP contribution in [0.4, 0.5) is 4.79 Å². The minimum atomic E-state index is -0.775. The molecular formula is C13H14ClNO3. The first-order valence-corrected chi connectivity index (χ1v) is 6.25. The summed E-state index contributed by atoms with van der Waals surface area (Å²) in [6, 6.07) is 9.16. The van der Waals surface area contributed by atoms with Crippen molar-refractivity contribution in [2.45, 2.75) is 18.9 Å². The number of carbonyl (C=O) groups excluding carboxylic acids is 2. The largest absolute Gasteiger partial charge is 0.450 e. The maximum Gasteiger partial charge on any atom is 0.404 e. The Kier molecular flexibility index (Phi) is 4.20. The molecule has 0 atom stereocenters. The monoisotopic (exact) mass is 267 g/mol. The minimum absolute atomic E-state index is 0.0197. The molecule has 2 rings (SSSR count). The summed E-state index contributed by atoms with van der Waals surface area (Å²) in [6.07, 6.45) is 1.10. The summed E-state index contributed by atoms with van der Waals surface area (Å²) in [5, 5.41) is 0. The van der Waals surface area contributed by atoms with E-state index in [1.165, 1.54) is 0 Å². The van der Waals surface area contributed by atoms with Gasteiger partial charge in [-0.25, -0.2) is 4.79 Å². The second kappa shape index (κ2) is 5.87. The van der Waals surface area contributed by atoms with E-state index in [0.717, 1.165) is 0 Å². The Balaban J connectivity index is 1.90. The highest BCUT2D eigenvalue weighted by Crippen LogP contribution is 2.17. The van der Waals surface area contributed by atoms with Crippen LogP contribution in [-0.2, 0) is 4.74 Å². The number of carbonyl (C=O) groups is 2. The summed E-state index contributed by atoms with van der Waals surface area (Å²) in [4.78, 5) is 24.5. The number of ether oxygens (including phenoxy) is 1. The minimum Gasteiger partial charge on any atom is -0.450 e. The fourth-order valence-electron chi connectivity index (χ4n) is 2.07. The number of nitrogens with zero attached hydrogens (tertiary/aromatic N) is 1. The number of piperidine rings is 1. The highest BCUT2D eigenvalue weighted by Gasteiger charge is 2.25. The molecule has 1 heterocycles. The summed E-state index contributed by atoms with van der Waals surface area (Å²) in [6.45, 7) is 1.17. The SMILES string of the molecule is O=C(Cl)OC1CCN(C(=O)c2ccccc2)CC1. The van der Waals surface area contributed by atoms with Gasteiger partial charge in [-0.1, -0.05) is 18.2 Å². The topological polar surface area (TPSA) is 46.6 Å². The molecule has 0 aliphatic carbocycles. The van der Waals surface area contributed by atoms with Gasteiger partial charge in [0.25, 0.3) is 5.91 Å². The smallest absolute Gasteiger partial charge is 0.404 e. The van der Waals surface area contributed by atoms with E-state index in [-0.39, 0.29) is 12.0 Å². The Morgan fingerprint density at radius 1 is 1.17 bits per heavy atom. The first kappa shape index (κ1) is 12.9. The van der Waals surface area contributed by atoms with Crippen molar-refractivity contribution < 1.29 is 14.3 Å². The van der Waals surface area contributed by atoms with Gasteiger partial charge in [0.15, 0.2) is 0 Å². The van der Waals surface area contributed by atoms with E-state index < -0.39 is 5.43 Å². The van der Waals surface area contributed by atoms with Crippen LogP contribution in [0.25, 0.3) is 0 Å². The van der Waals surface area contributed by atoms with Crippen molar-refractivity contribution in [3.8, 4) is 0 Å². The molecular weight excluding hydrogens is 254 g/mol. The van der Waals surface area contributed by atoms with Crippen molar-refractivity contribution in [1.29, 1.82) is 0 Å². The number of amides is 1. The molecule has 0 radical (unpaired) electrons. The highest BCUT2D eigenvalue weighted by molar-refractivity contribution is 6.61. The predicted octanol–water partition coefficient (Wildman–Crippen LogP) is 2.67. The number of hydrogen-bond acceptors (Lipinski definition) is 3. The van der Waals surface area contributed by atoms with E-state index in [9.17, 15) is 9.59 Å². The molecule has 4 nitrogen and oxygen atoms in total. The van der Waals surface area contributed by atoms with Crippen LogP contribution in [0, 0.1) is 0 Å². The summed E-state index contributed by atoms with van der Waals surface area (Å²) in [7, 11) is 0. The summed E-state index contributed by atoms with van der Waals surface area (Å²) in [5.74, 6) is 0.0197. The van der Waals surface area contributed by atoms with Crippen molar-refractivity contribution >= 4 is 22.9 Å². The van der Waals surface area contributed by atoms with E-state index in [0.29, 0.717) is 31.5 Å². The van der Waals surface area contributed by atoms with E-state index >= 15 is 0 Å². The Morgan fingerprint density at radius 2 is 1.78 bits per heavy atom. The lowest BCUT2D eigenvalue weighted by Crippen LogP contribution is -2.41. The Hall–Kier alpha value is -1.55. The quantitative estimate of drug-likeness (QED) is 0.774. The van der Waals surface area contributed by atoms with Crippen LogP contribution in [0.15, 0.2) is 30.3 Å². The maximum absolute atomic E-state index is 12.1. The Labute approximate surface area is 110 Å². The third-order valence-corrected chi connectivity index (χ3v) is 3.10. The molecule has 18 heavy (non-hydrogen) atoms. The molecule has 1 aliphatic rings. The number of halogens is 1. The first-order chi connectivity index (χ1) is 8.66. The zero-order valence-corrected chi connectivity index (χ0v) is 10.6. The molecule has 1 fully saturated rings. The Bertz CT molecular complexity index is 427. The fourth-order valence-corrected chi connectivity index (χ4v) is 2.20. The number of rotatable bonds is 2. The molecule has 0 spiro atoms. The van der Waals surface area contributed by atoms with Gasteiger partial charge < -0.3 is 9.64 Å². The molecule has 0 aromatic heterocycles. The van der Waals surface area contributed by atoms with E-state index in [4.69, 9.17) is 16.3 Å². The van der Waals surface area contributed by atoms with E-state index in [1.54, 1.807) is 17.0 Å². The maximum atomic E-state index is 12.1. The van der Waals surface area contributed by atoms with Crippen molar-refractivity contribution in [3.05, 3.63) is 35.9 Å². The average Bonchev–Trinajstić information content (AvgIpc) is 2.39. The van der Waals surface area contributed by atoms with Gasteiger partial charge >= 0.3 is 5.43 Å². The predicted molar refractivity (Wildman–Crippen MR) is 67.7 cm³/mol. The van der Waals surface area contributed by atoms with E-state index in [2.05, 4.69) is 0 Å². The Morgan fingerprint density at radius 3 is 2.33 bits per heavy atom. The lowest BCUT2D eigenvalue weighted by molar-refractivity contribution is 0.0497. The molecule has 0 N–H and O–H groups in total. The zero-order chi connectivity index (χ0) is 13.0. The van der Waals surface area contributed by atoms with Gasteiger partial charge in [-0.15, -0.1) is 0 Å². The molecule has 96 valence electrons. The van der Waals surface area contributed by atoms with Gasteiger partial charge in [-0.2, -0.15) is 0 Å². The lowest BCUT2D eigenvalue weighted by Gasteiger charge is -2.31. The first-order valence-electron chi connectivity index (χ1n) is 5.87. The molecule has 1 amide bonds. The molecule has 0 bridgehead atoms. The van der Waals surface area contributed by atoms with Gasteiger partial charge in [0.1, 0.15) is 6.10 Å². The second-order valence-electron chi connectivity index (χ2n) is 4.21. The van der Waals surface area contributed by atoms with Gasteiger partial charge in [-0.3, -0.25) is 4.79 Å². The van der Waals surface area contributed by atoms with Crippen molar-refractivity contribution in [3.63, 3.8) is 0 Å². The molecule has 1 aliphatic heterocycles. The van der Waals surface area contributed by atoms with Crippen LogP contribution in [0.1, 0.15) is 23.2 Å². The van der Waals surface area contributed by atoms with Gasteiger partial charge in [0.2, 0.25) is 0 Å². The number of likely N-dealkylation sites (tertiary alicyclic amines) is 1. The summed E-state index contributed by atoms with van der Waals surface area (Å²) in [5.41, 5.74) is -0.0897. The summed E-state index contributed by atoms with van der Waals surface area (Å²) >= 11 is 5.16. The van der Waals surface area contributed by atoms with Crippen LogP contribution in [0.3, 0.4) is 0 Å². The standard InChI is InChI=1S/C13H14ClNO3/c14-13(17)18-11-6-8-15(9-7-11)12(16)10-4-2-1-3-5-10/h1-5,11H,6-9H2. The van der Waals surface area contributed by atoms with Crippen molar-refractivity contribution in [2.24, 2.45) is 0 Å². The zero-order valence-electron chi connectivity index (χ0n) is 9.84. The van der Waals surface area contributed by atoms with Crippen LogP contribution in [0.2, 0.25) is 0 Å². The molecule has 0 unspecified atom stereocenters. The normalized spacial score (nSPS) is 16.4.